The normalized spacial score (nSPS) is 10.1. The van der Waals surface area contributed by atoms with E-state index in [-0.39, 0.29) is 17.2 Å². The molecule has 0 fully saturated rings. The number of hydrogen-bond donors (Lipinski definition) is 2. The van der Waals surface area contributed by atoms with E-state index in [1.165, 1.54) is 6.07 Å². The molecule has 2 N–H and O–H groups in total. The number of rotatable bonds is 3. The molecule has 2 aromatic rings. The number of carbonyl (C=O) groups excluding carboxylic acids is 1. The molecule has 0 radical (unpaired) electrons. The van der Waals surface area contributed by atoms with Gasteiger partial charge in [-0.3, -0.25) is 9.78 Å². The highest BCUT2D eigenvalue weighted by Crippen LogP contribution is 2.19. The van der Waals surface area contributed by atoms with Crippen molar-refractivity contribution in [2.75, 3.05) is 0 Å². The van der Waals surface area contributed by atoms with Crippen LogP contribution in [0.4, 0.5) is 0 Å². The van der Waals surface area contributed by atoms with Gasteiger partial charge in [0.1, 0.15) is 5.75 Å². The number of pyridine rings is 1. The summed E-state index contributed by atoms with van der Waals surface area (Å²) in [6.45, 7) is 0.338. The average molecular weight is 354 g/mol. The molecule has 1 aromatic heterocycles. The number of aromatic hydroxyl groups is 1. The van der Waals surface area contributed by atoms with E-state index in [9.17, 15) is 9.90 Å². The van der Waals surface area contributed by atoms with E-state index in [1.807, 2.05) is 18.2 Å². The summed E-state index contributed by atoms with van der Waals surface area (Å²) < 4.78 is 0.897. The van der Waals surface area contributed by atoms with Crippen LogP contribution in [0.3, 0.4) is 0 Å². The molecule has 0 saturated carbocycles. The Kier molecular flexibility index (Phi) is 4.14. The molecule has 92 valence electrons. The van der Waals surface area contributed by atoms with Crippen LogP contribution >= 0.6 is 22.6 Å². The second-order valence-corrected chi connectivity index (χ2v) is 4.91. The van der Waals surface area contributed by atoms with Crippen LogP contribution in [0.2, 0.25) is 0 Å². The summed E-state index contributed by atoms with van der Waals surface area (Å²) in [5, 5.41) is 12.3. The van der Waals surface area contributed by atoms with Crippen molar-refractivity contribution in [1.29, 1.82) is 0 Å². The van der Waals surface area contributed by atoms with Crippen LogP contribution in [0.5, 0.6) is 5.75 Å². The molecule has 18 heavy (non-hydrogen) atoms. The van der Waals surface area contributed by atoms with Crippen LogP contribution in [0.1, 0.15) is 16.1 Å². The van der Waals surface area contributed by atoms with Crippen LogP contribution in [0.15, 0.2) is 42.6 Å². The Morgan fingerprint density at radius 1 is 1.33 bits per heavy atom. The zero-order valence-electron chi connectivity index (χ0n) is 9.43. The van der Waals surface area contributed by atoms with Crippen LogP contribution in [0, 0.1) is 3.57 Å². The second kappa shape index (κ2) is 5.81. The van der Waals surface area contributed by atoms with Gasteiger partial charge >= 0.3 is 0 Å². The van der Waals surface area contributed by atoms with Gasteiger partial charge in [-0.15, -0.1) is 0 Å². The van der Waals surface area contributed by atoms with Gasteiger partial charge in [0.05, 0.1) is 17.8 Å². The maximum Gasteiger partial charge on any atom is 0.255 e. The highest BCUT2D eigenvalue weighted by atomic mass is 127. The molecule has 0 unspecified atom stereocenters. The van der Waals surface area contributed by atoms with Gasteiger partial charge < -0.3 is 10.4 Å². The molecule has 0 atom stereocenters. The fraction of sp³-hybridized carbons (Fsp3) is 0.0769. The number of amides is 1. The van der Waals surface area contributed by atoms with Gasteiger partial charge in [-0.1, -0.05) is 6.07 Å². The van der Waals surface area contributed by atoms with Crippen molar-refractivity contribution in [3.05, 3.63) is 57.4 Å². The first kappa shape index (κ1) is 12.8. The molecule has 1 heterocycles. The van der Waals surface area contributed by atoms with Gasteiger partial charge in [0, 0.05) is 9.77 Å². The quantitative estimate of drug-likeness (QED) is 0.832. The summed E-state index contributed by atoms with van der Waals surface area (Å²) >= 11 is 2.09. The molecular formula is C13H11IN2O2. The minimum atomic E-state index is -0.309. The van der Waals surface area contributed by atoms with Crippen molar-refractivity contribution in [1.82, 2.24) is 10.3 Å². The lowest BCUT2D eigenvalue weighted by molar-refractivity contribution is 0.0947. The molecule has 4 nitrogen and oxygen atoms in total. The Balaban J connectivity index is 2.06. The van der Waals surface area contributed by atoms with Crippen molar-refractivity contribution in [3.63, 3.8) is 0 Å². The third-order valence-corrected chi connectivity index (χ3v) is 3.03. The SMILES string of the molecule is O=C(NCc1ccccn1)c1cc(I)ccc1O. The van der Waals surface area contributed by atoms with E-state index >= 15 is 0 Å². The van der Waals surface area contributed by atoms with E-state index < -0.39 is 0 Å². The summed E-state index contributed by atoms with van der Waals surface area (Å²) in [4.78, 5) is 16.0. The summed E-state index contributed by atoms with van der Waals surface area (Å²) in [5.41, 5.74) is 1.05. The highest BCUT2D eigenvalue weighted by Gasteiger charge is 2.11. The van der Waals surface area contributed by atoms with E-state index in [1.54, 1.807) is 18.3 Å². The minimum absolute atomic E-state index is 0.0195. The Hall–Kier alpha value is -1.63. The Morgan fingerprint density at radius 2 is 2.17 bits per heavy atom. The van der Waals surface area contributed by atoms with Gasteiger partial charge in [-0.25, -0.2) is 0 Å². The van der Waals surface area contributed by atoms with E-state index in [4.69, 9.17) is 0 Å². The lowest BCUT2D eigenvalue weighted by Crippen LogP contribution is -2.23. The zero-order valence-corrected chi connectivity index (χ0v) is 11.6. The largest absolute Gasteiger partial charge is 0.507 e. The zero-order chi connectivity index (χ0) is 13.0. The molecule has 0 bridgehead atoms. The van der Waals surface area contributed by atoms with Gasteiger partial charge in [0.15, 0.2) is 0 Å². The number of phenolic OH excluding ortho intramolecular Hbond substituents is 1. The topological polar surface area (TPSA) is 62.2 Å². The van der Waals surface area contributed by atoms with Crippen molar-refractivity contribution < 1.29 is 9.90 Å². The number of phenols is 1. The Morgan fingerprint density at radius 3 is 2.89 bits per heavy atom. The standard InChI is InChI=1S/C13H11IN2O2/c14-9-4-5-12(17)11(7-9)13(18)16-8-10-3-1-2-6-15-10/h1-7,17H,8H2,(H,16,18). The molecule has 0 spiro atoms. The monoisotopic (exact) mass is 354 g/mol. The summed E-state index contributed by atoms with van der Waals surface area (Å²) in [5.74, 6) is -0.328. The number of nitrogens with zero attached hydrogens (tertiary/aromatic N) is 1. The second-order valence-electron chi connectivity index (χ2n) is 3.67. The van der Waals surface area contributed by atoms with Gasteiger partial charge in [0.25, 0.3) is 5.91 Å². The van der Waals surface area contributed by atoms with Crippen molar-refractivity contribution in [3.8, 4) is 5.75 Å². The van der Waals surface area contributed by atoms with Gasteiger partial charge in [-0.05, 0) is 52.9 Å². The number of hydrogen-bond acceptors (Lipinski definition) is 3. The molecule has 0 aliphatic carbocycles. The molecule has 1 amide bonds. The van der Waals surface area contributed by atoms with Crippen molar-refractivity contribution in [2.45, 2.75) is 6.54 Å². The lowest BCUT2D eigenvalue weighted by Gasteiger charge is -2.06. The smallest absolute Gasteiger partial charge is 0.255 e. The van der Waals surface area contributed by atoms with Crippen molar-refractivity contribution >= 4 is 28.5 Å². The highest BCUT2D eigenvalue weighted by molar-refractivity contribution is 14.1. The molecule has 2 rings (SSSR count). The first-order chi connectivity index (χ1) is 8.66. The summed E-state index contributed by atoms with van der Waals surface area (Å²) in [7, 11) is 0. The Bertz CT molecular complexity index is 558. The number of halogens is 1. The first-order valence-corrected chi connectivity index (χ1v) is 6.41. The number of carbonyl (C=O) groups is 1. The van der Waals surface area contributed by atoms with Gasteiger partial charge in [-0.2, -0.15) is 0 Å². The van der Waals surface area contributed by atoms with Crippen LogP contribution in [-0.2, 0) is 6.54 Å². The van der Waals surface area contributed by atoms with Gasteiger partial charge in [0.2, 0.25) is 0 Å². The predicted octanol–water partition coefficient (Wildman–Crippen LogP) is 2.32. The molecule has 0 saturated heterocycles. The predicted molar refractivity (Wildman–Crippen MR) is 76.2 cm³/mol. The number of aromatic nitrogens is 1. The number of benzene rings is 1. The van der Waals surface area contributed by atoms with Crippen LogP contribution in [-0.4, -0.2) is 16.0 Å². The Labute approximate surface area is 118 Å². The third-order valence-electron chi connectivity index (χ3n) is 2.36. The van der Waals surface area contributed by atoms with E-state index in [0.29, 0.717) is 6.54 Å². The lowest BCUT2D eigenvalue weighted by atomic mass is 10.2. The fourth-order valence-electron chi connectivity index (χ4n) is 1.46. The third kappa shape index (κ3) is 3.19. The molecule has 1 aromatic carbocycles. The first-order valence-electron chi connectivity index (χ1n) is 5.33. The summed E-state index contributed by atoms with van der Waals surface area (Å²) in [6.07, 6.45) is 1.67. The van der Waals surface area contributed by atoms with Crippen LogP contribution < -0.4 is 5.32 Å². The number of nitrogens with one attached hydrogen (secondary N) is 1. The maximum atomic E-state index is 11.9. The van der Waals surface area contributed by atoms with Crippen LogP contribution in [0.25, 0.3) is 0 Å². The maximum absolute atomic E-state index is 11.9. The fourth-order valence-corrected chi connectivity index (χ4v) is 1.95. The molecule has 0 aliphatic rings. The van der Waals surface area contributed by atoms with Crippen molar-refractivity contribution in [2.24, 2.45) is 0 Å². The summed E-state index contributed by atoms with van der Waals surface area (Å²) in [6, 6.07) is 10.4. The minimum Gasteiger partial charge on any atom is -0.507 e. The molecule has 5 heteroatoms. The molecule has 0 aliphatic heterocycles. The average Bonchev–Trinajstić information content (AvgIpc) is 2.40. The van der Waals surface area contributed by atoms with E-state index in [2.05, 4.69) is 32.9 Å². The molecular weight excluding hydrogens is 343 g/mol. The van der Waals surface area contributed by atoms with E-state index in [0.717, 1.165) is 9.26 Å².